The normalized spacial score (nSPS) is 11.7. The fraction of sp³-hybridized carbons (Fsp3) is 0.333. The molecule has 0 aromatic heterocycles. The van der Waals surface area contributed by atoms with Crippen LogP contribution in [0, 0.1) is 0 Å². The quantitative estimate of drug-likeness (QED) is 0.378. The molecule has 0 amide bonds. The molecule has 0 saturated heterocycles. The van der Waals surface area contributed by atoms with Crippen molar-refractivity contribution in [3.63, 3.8) is 0 Å². The number of rotatable bonds is 10. The van der Waals surface area contributed by atoms with Crippen LogP contribution in [0.3, 0.4) is 0 Å². The molecule has 26 heavy (non-hydrogen) atoms. The highest BCUT2D eigenvalue weighted by molar-refractivity contribution is 8.14. The molecule has 5 heteroatoms. The molecule has 1 unspecified atom stereocenters. The van der Waals surface area contributed by atoms with Crippen molar-refractivity contribution in [2.24, 2.45) is 0 Å². The maximum Gasteiger partial charge on any atom is 0.311 e. The summed E-state index contributed by atoms with van der Waals surface area (Å²) in [6.07, 6.45) is 3.20. The van der Waals surface area contributed by atoms with Gasteiger partial charge < -0.3 is 9.84 Å². The molecule has 0 bridgehead atoms. The van der Waals surface area contributed by atoms with Crippen molar-refractivity contribution in [1.82, 2.24) is 0 Å². The van der Waals surface area contributed by atoms with Crippen LogP contribution in [0.4, 0.5) is 0 Å². The van der Waals surface area contributed by atoms with Gasteiger partial charge in [0.15, 0.2) is 0 Å². The predicted octanol–water partition coefficient (Wildman–Crippen LogP) is 4.48. The summed E-state index contributed by atoms with van der Waals surface area (Å²) in [4.78, 5) is 24.1. The van der Waals surface area contributed by atoms with Crippen molar-refractivity contribution in [3.05, 3.63) is 66.2 Å². The fourth-order valence-electron chi connectivity index (χ4n) is 2.51. The molecule has 1 N–H and O–H groups in total. The van der Waals surface area contributed by atoms with Gasteiger partial charge in [0.05, 0.1) is 0 Å². The molecule has 4 nitrogen and oxygen atoms in total. The van der Waals surface area contributed by atoms with Gasteiger partial charge in [-0.15, -0.1) is 0 Å². The van der Waals surface area contributed by atoms with Crippen LogP contribution in [-0.2, 0) is 4.79 Å². The lowest BCUT2D eigenvalue weighted by atomic mass is 10.1. The molecule has 0 aliphatic rings. The van der Waals surface area contributed by atoms with Crippen molar-refractivity contribution in [1.29, 1.82) is 0 Å². The highest BCUT2D eigenvalue weighted by atomic mass is 32.2. The van der Waals surface area contributed by atoms with Gasteiger partial charge in [-0.1, -0.05) is 66.7 Å². The number of esters is 1. The van der Waals surface area contributed by atoms with E-state index in [1.165, 1.54) is 11.8 Å². The number of aliphatic hydroxyl groups is 1. The Morgan fingerprint density at radius 3 is 2.23 bits per heavy atom. The summed E-state index contributed by atoms with van der Waals surface area (Å²) in [5, 5.41) is 9.30. The molecule has 138 valence electrons. The first kappa shape index (κ1) is 20.2. The van der Waals surface area contributed by atoms with Gasteiger partial charge in [-0.05, 0) is 31.4 Å². The van der Waals surface area contributed by atoms with Crippen molar-refractivity contribution in [2.75, 3.05) is 6.61 Å². The number of hydrogen-bond acceptors (Lipinski definition) is 5. The number of ether oxygens (including phenoxy) is 1. The molecule has 2 rings (SSSR count). The van der Waals surface area contributed by atoms with Crippen molar-refractivity contribution >= 4 is 22.8 Å². The molecule has 0 aliphatic heterocycles. The zero-order valence-electron chi connectivity index (χ0n) is 14.7. The van der Waals surface area contributed by atoms with E-state index in [0.29, 0.717) is 30.6 Å². The molecule has 0 fully saturated rings. The van der Waals surface area contributed by atoms with E-state index in [1.54, 1.807) is 24.3 Å². The lowest BCUT2D eigenvalue weighted by Gasteiger charge is -2.14. The first-order valence-corrected chi connectivity index (χ1v) is 9.69. The molecule has 1 atom stereocenters. The lowest BCUT2D eigenvalue weighted by Crippen LogP contribution is -2.11. The number of carbonyl (C=O) groups excluding carboxylic acids is 2. The molecule has 2 aromatic carbocycles. The van der Waals surface area contributed by atoms with Crippen molar-refractivity contribution < 1.29 is 19.4 Å². The Morgan fingerprint density at radius 2 is 1.58 bits per heavy atom. The molecule has 0 radical (unpaired) electrons. The van der Waals surface area contributed by atoms with E-state index >= 15 is 0 Å². The van der Waals surface area contributed by atoms with E-state index < -0.39 is 0 Å². The minimum absolute atomic E-state index is 0.0209. The number of unbranched alkanes of at least 4 members (excludes halogenated alkanes) is 1. The summed E-state index contributed by atoms with van der Waals surface area (Å²) in [7, 11) is 0. The van der Waals surface area contributed by atoms with Crippen molar-refractivity contribution in [2.45, 2.75) is 37.4 Å². The minimum Gasteiger partial charge on any atom is -0.427 e. The zero-order chi connectivity index (χ0) is 18.6. The Kier molecular flexibility index (Phi) is 8.93. The van der Waals surface area contributed by atoms with E-state index in [1.807, 2.05) is 36.4 Å². The number of aliphatic hydroxyl groups excluding tert-OH is 1. The average Bonchev–Trinajstić information content (AvgIpc) is 2.67. The largest absolute Gasteiger partial charge is 0.427 e. The van der Waals surface area contributed by atoms with Gasteiger partial charge in [-0.25, -0.2) is 0 Å². The molecular weight excluding hydrogens is 348 g/mol. The van der Waals surface area contributed by atoms with Gasteiger partial charge in [0, 0.05) is 23.8 Å². The molecule has 0 saturated carbocycles. The van der Waals surface area contributed by atoms with Crippen LogP contribution in [0.2, 0.25) is 0 Å². The molecule has 0 aliphatic carbocycles. The third-order valence-corrected chi connectivity index (χ3v) is 5.12. The number of hydrogen-bond donors (Lipinski definition) is 1. The van der Waals surface area contributed by atoms with Crippen LogP contribution in [0.5, 0.6) is 5.75 Å². The third kappa shape index (κ3) is 7.42. The Morgan fingerprint density at radius 1 is 0.923 bits per heavy atom. The average molecular weight is 372 g/mol. The first-order chi connectivity index (χ1) is 12.7. The number of benzene rings is 2. The van der Waals surface area contributed by atoms with Crippen LogP contribution in [-0.4, -0.2) is 28.0 Å². The summed E-state index contributed by atoms with van der Waals surface area (Å²) in [5.41, 5.74) is 0.673. The smallest absolute Gasteiger partial charge is 0.311 e. The number of thioether (sulfide) groups is 1. The van der Waals surface area contributed by atoms with Crippen LogP contribution >= 0.6 is 11.8 Å². The zero-order valence-corrected chi connectivity index (χ0v) is 15.5. The van der Waals surface area contributed by atoms with E-state index in [0.717, 1.165) is 12.8 Å². The van der Waals surface area contributed by atoms with Gasteiger partial charge >= 0.3 is 5.97 Å². The fourth-order valence-corrected chi connectivity index (χ4v) is 3.59. The standard InChI is InChI=1S/C21H24O4S/c22-16-15-19(26-21(24)17-9-3-1-4-10-17)13-7-8-14-20(23)25-18-11-5-2-6-12-18/h1-6,9-12,19,22H,7-8,13-16H2. The van der Waals surface area contributed by atoms with E-state index in [4.69, 9.17) is 4.74 Å². The van der Waals surface area contributed by atoms with Gasteiger partial charge in [0.2, 0.25) is 5.12 Å². The first-order valence-electron chi connectivity index (χ1n) is 8.81. The summed E-state index contributed by atoms with van der Waals surface area (Å²) >= 11 is 1.27. The van der Waals surface area contributed by atoms with Gasteiger partial charge in [0.25, 0.3) is 0 Å². The van der Waals surface area contributed by atoms with Crippen molar-refractivity contribution in [3.8, 4) is 5.75 Å². The molecule has 0 spiro atoms. The van der Waals surface area contributed by atoms with Gasteiger partial charge in [0.1, 0.15) is 5.75 Å². The summed E-state index contributed by atoms with van der Waals surface area (Å²) < 4.78 is 5.25. The number of para-hydroxylation sites is 1. The topological polar surface area (TPSA) is 63.6 Å². The maximum absolute atomic E-state index is 12.3. The second kappa shape index (κ2) is 11.5. The highest BCUT2D eigenvalue weighted by Crippen LogP contribution is 2.25. The maximum atomic E-state index is 12.3. The summed E-state index contributed by atoms with van der Waals surface area (Å²) in [6, 6.07) is 18.2. The Balaban J connectivity index is 1.71. The third-order valence-electron chi connectivity index (χ3n) is 3.87. The van der Waals surface area contributed by atoms with Gasteiger partial charge in [-0.2, -0.15) is 0 Å². The van der Waals surface area contributed by atoms with Gasteiger partial charge in [-0.3, -0.25) is 9.59 Å². The van der Waals surface area contributed by atoms with Crippen LogP contribution in [0.25, 0.3) is 0 Å². The molecule has 2 aromatic rings. The second-order valence-electron chi connectivity index (χ2n) is 5.94. The van der Waals surface area contributed by atoms with Crippen LogP contribution < -0.4 is 4.74 Å². The number of carbonyl (C=O) groups is 2. The highest BCUT2D eigenvalue weighted by Gasteiger charge is 2.16. The Labute approximate surface area is 158 Å². The molecular formula is C21H24O4S. The van der Waals surface area contributed by atoms with E-state index in [2.05, 4.69) is 0 Å². The second-order valence-corrected chi connectivity index (χ2v) is 7.21. The predicted molar refractivity (Wildman–Crippen MR) is 104 cm³/mol. The minimum atomic E-state index is -0.247. The van der Waals surface area contributed by atoms with E-state index in [9.17, 15) is 14.7 Å². The van der Waals surface area contributed by atoms with Crippen LogP contribution in [0.1, 0.15) is 42.5 Å². The summed E-state index contributed by atoms with van der Waals surface area (Å²) in [5.74, 6) is 0.308. The SMILES string of the molecule is O=C(CCCCC(CCO)SC(=O)c1ccccc1)Oc1ccccc1. The molecule has 0 heterocycles. The lowest BCUT2D eigenvalue weighted by molar-refractivity contribution is -0.134. The Bertz CT molecular complexity index is 673. The monoisotopic (exact) mass is 372 g/mol. The van der Waals surface area contributed by atoms with Crippen LogP contribution in [0.15, 0.2) is 60.7 Å². The Hall–Kier alpha value is -2.11. The van der Waals surface area contributed by atoms with E-state index in [-0.39, 0.29) is 22.9 Å². The summed E-state index contributed by atoms with van der Waals surface area (Å²) in [6.45, 7) is 0.0514.